The van der Waals surface area contributed by atoms with E-state index in [-0.39, 0.29) is 0 Å². The summed E-state index contributed by atoms with van der Waals surface area (Å²) >= 11 is 5.17. The van der Waals surface area contributed by atoms with Crippen molar-refractivity contribution in [3.63, 3.8) is 0 Å². The molecule has 0 radical (unpaired) electrons. The highest BCUT2D eigenvalue weighted by Gasteiger charge is 1.99. The van der Waals surface area contributed by atoms with Gasteiger partial charge in [-0.05, 0) is 36.6 Å². The van der Waals surface area contributed by atoms with Gasteiger partial charge in [0.15, 0.2) is 0 Å². The molecule has 1 rings (SSSR count). The Hall–Kier alpha value is -1.02. The average molecular weight is 198 g/mol. The predicted octanol–water partition coefficient (Wildman–Crippen LogP) is 2.75. The van der Waals surface area contributed by atoms with Crippen LogP contribution in [-0.2, 0) is 6.54 Å². The van der Waals surface area contributed by atoms with E-state index in [0.717, 1.165) is 11.1 Å². The second-order valence-corrected chi connectivity index (χ2v) is 3.40. The zero-order chi connectivity index (χ0) is 9.84. The first-order chi connectivity index (χ1) is 6.09. The van der Waals surface area contributed by atoms with Crippen molar-refractivity contribution < 1.29 is 4.79 Å². The molecule has 0 aliphatic rings. The zero-order valence-electron chi connectivity index (χ0n) is 7.73. The van der Waals surface area contributed by atoms with Crippen molar-refractivity contribution in [3.8, 4) is 0 Å². The maximum Gasteiger partial charge on any atom is 0.314 e. The topological polar surface area (TPSA) is 29.1 Å². The summed E-state index contributed by atoms with van der Waals surface area (Å²) < 4.78 is 0. The van der Waals surface area contributed by atoms with Crippen LogP contribution in [0.5, 0.6) is 0 Å². The molecule has 0 heterocycles. The molecule has 1 N–H and O–H groups in total. The van der Waals surface area contributed by atoms with Gasteiger partial charge in [-0.2, -0.15) is 0 Å². The molecule has 0 saturated carbocycles. The minimum atomic E-state index is -0.513. The van der Waals surface area contributed by atoms with E-state index in [1.165, 1.54) is 5.56 Å². The summed E-state index contributed by atoms with van der Waals surface area (Å²) in [5.41, 5.74) is 3.45. The molecule has 0 atom stereocenters. The molecule has 3 heteroatoms. The molecule has 0 aliphatic carbocycles. The van der Waals surface area contributed by atoms with Gasteiger partial charge in [0, 0.05) is 6.54 Å². The largest absolute Gasteiger partial charge is 0.339 e. The van der Waals surface area contributed by atoms with Crippen molar-refractivity contribution in [1.82, 2.24) is 5.32 Å². The van der Waals surface area contributed by atoms with Crippen molar-refractivity contribution in [2.75, 3.05) is 0 Å². The molecule has 70 valence electrons. The Bertz CT molecular complexity index is 323. The van der Waals surface area contributed by atoms with Gasteiger partial charge in [-0.1, -0.05) is 23.8 Å². The second kappa shape index (κ2) is 4.28. The van der Waals surface area contributed by atoms with Crippen LogP contribution in [-0.4, -0.2) is 5.37 Å². The van der Waals surface area contributed by atoms with E-state index >= 15 is 0 Å². The van der Waals surface area contributed by atoms with E-state index in [4.69, 9.17) is 11.6 Å². The first-order valence-electron chi connectivity index (χ1n) is 4.09. The van der Waals surface area contributed by atoms with E-state index in [0.29, 0.717) is 6.54 Å². The molecular weight excluding hydrogens is 186 g/mol. The summed E-state index contributed by atoms with van der Waals surface area (Å²) in [6.07, 6.45) is 0. The Balaban J connectivity index is 2.75. The lowest BCUT2D eigenvalue weighted by atomic mass is 10.1. The first kappa shape index (κ1) is 10.1. The van der Waals surface area contributed by atoms with Gasteiger partial charge in [0.05, 0.1) is 0 Å². The molecule has 1 aromatic rings. The summed E-state index contributed by atoms with van der Waals surface area (Å²) in [6.45, 7) is 4.52. The van der Waals surface area contributed by atoms with Gasteiger partial charge in [-0.25, -0.2) is 0 Å². The lowest BCUT2D eigenvalue weighted by molar-refractivity contribution is 0.259. The maximum atomic E-state index is 10.5. The van der Waals surface area contributed by atoms with Crippen LogP contribution in [0.3, 0.4) is 0 Å². The fourth-order valence-electron chi connectivity index (χ4n) is 1.16. The Labute approximate surface area is 82.9 Å². The maximum absolute atomic E-state index is 10.5. The number of hydrogen-bond donors (Lipinski definition) is 1. The van der Waals surface area contributed by atoms with E-state index in [1.54, 1.807) is 0 Å². The van der Waals surface area contributed by atoms with Crippen LogP contribution in [0, 0.1) is 13.8 Å². The van der Waals surface area contributed by atoms with Crippen molar-refractivity contribution in [2.45, 2.75) is 20.4 Å². The highest BCUT2D eigenvalue weighted by molar-refractivity contribution is 6.62. The summed E-state index contributed by atoms with van der Waals surface area (Å²) in [7, 11) is 0. The molecule has 0 aliphatic heterocycles. The normalized spacial score (nSPS) is 9.77. The Morgan fingerprint density at radius 3 is 2.77 bits per heavy atom. The van der Waals surface area contributed by atoms with E-state index in [2.05, 4.69) is 5.32 Å². The molecule has 0 unspecified atom stereocenters. The molecule has 0 aromatic heterocycles. The minimum Gasteiger partial charge on any atom is -0.339 e. The van der Waals surface area contributed by atoms with E-state index < -0.39 is 5.37 Å². The van der Waals surface area contributed by atoms with Gasteiger partial charge in [-0.3, -0.25) is 4.79 Å². The van der Waals surface area contributed by atoms with E-state index in [1.807, 2.05) is 32.0 Å². The van der Waals surface area contributed by atoms with Crippen LogP contribution < -0.4 is 5.32 Å². The van der Waals surface area contributed by atoms with Crippen molar-refractivity contribution in [2.24, 2.45) is 0 Å². The number of carbonyl (C=O) groups excluding carboxylic acids is 1. The number of carbonyl (C=O) groups is 1. The molecule has 0 bridgehead atoms. The van der Waals surface area contributed by atoms with Gasteiger partial charge in [0.1, 0.15) is 0 Å². The summed E-state index contributed by atoms with van der Waals surface area (Å²) in [5.74, 6) is 0. The number of benzene rings is 1. The smallest absolute Gasteiger partial charge is 0.314 e. The van der Waals surface area contributed by atoms with Crippen LogP contribution in [0.4, 0.5) is 4.79 Å². The van der Waals surface area contributed by atoms with Gasteiger partial charge in [0.2, 0.25) is 0 Å². The fraction of sp³-hybridized carbons (Fsp3) is 0.300. The van der Waals surface area contributed by atoms with E-state index in [9.17, 15) is 4.79 Å². The number of rotatable bonds is 2. The van der Waals surface area contributed by atoms with Gasteiger partial charge >= 0.3 is 5.37 Å². The number of amides is 1. The van der Waals surface area contributed by atoms with Crippen molar-refractivity contribution in [1.29, 1.82) is 0 Å². The standard InChI is InChI=1S/C10H12ClNO/c1-7-3-4-8(2)9(5-7)6-12-10(11)13/h3-5H,6H2,1-2H3,(H,12,13). The molecule has 0 fully saturated rings. The molecule has 2 nitrogen and oxygen atoms in total. The third kappa shape index (κ3) is 3.07. The Morgan fingerprint density at radius 2 is 2.15 bits per heavy atom. The lowest BCUT2D eigenvalue weighted by Gasteiger charge is -2.06. The monoisotopic (exact) mass is 197 g/mol. The molecular formula is C10H12ClNO. The minimum absolute atomic E-state index is 0.496. The summed E-state index contributed by atoms with van der Waals surface area (Å²) in [5, 5.41) is 2.04. The lowest BCUT2D eigenvalue weighted by Crippen LogP contribution is -2.16. The Kier molecular flexibility index (Phi) is 3.32. The Morgan fingerprint density at radius 1 is 1.46 bits per heavy atom. The van der Waals surface area contributed by atoms with Crippen LogP contribution >= 0.6 is 11.6 Å². The van der Waals surface area contributed by atoms with Gasteiger partial charge < -0.3 is 5.32 Å². The number of hydrogen-bond acceptors (Lipinski definition) is 1. The summed E-state index contributed by atoms with van der Waals surface area (Å²) in [6, 6.07) is 6.12. The third-order valence-corrected chi connectivity index (χ3v) is 2.06. The average Bonchev–Trinajstić information content (AvgIpc) is 2.06. The number of halogens is 1. The van der Waals surface area contributed by atoms with Crippen molar-refractivity contribution >= 4 is 17.0 Å². The number of nitrogens with one attached hydrogen (secondary N) is 1. The second-order valence-electron chi connectivity index (χ2n) is 3.06. The molecule has 13 heavy (non-hydrogen) atoms. The SMILES string of the molecule is Cc1ccc(C)c(CNC(=O)Cl)c1. The quantitative estimate of drug-likeness (QED) is 0.573. The third-order valence-electron chi connectivity index (χ3n) is 1.92. The fourth-order valence-corrected chi connectivity index (χ4v) is 1.22. The van der Waals surface area contributed by atoms with Crippen LogP contribution in [0.2, 0.25) is 0 Å². The zero-order valence-corrected chi connectivity index (χ0v) is 8.48. The highest BCUT2D eigenvalue weighted by atomic mass is 35.5. The first-order valence-corrected chi connectivity index (χ1v) is 4.47. The van der Waals surface area contributed by atoms with Gasteiger partial charge in [0.25, 0.3) is 0 Å². The van der Waals surface area contributed by atoms with Crippen LogP contribution in [0.1, 0.15) is 16.7 Å². The number of aryl methyl sites for hydroxylation is 2. The van der Waals surface area contributed by atoms with Crippen LogP contribution in [0.15, 0.2) is 18.2 Å². The molecule has 1 aromatic carbocycles. The molecule has 0 saturated heterocycles. The summed E-state index contributed by atoms with van der Waals surface area (Å²) in [4.78, 5) is 10.5. The predicted molar refractivity (Wildman–Crippen MR) is 54.0 cm³/mol. The van der Waals surface area contributed by atoms with Crippen LogP contribution in [0.25, 0.3) is 0 Å². The highest BCUT2D eigenvalue weighted by Crippen LogP contribution is 2.10. The van der Waals surface area contributed by atoms with Crippen molar-refractivity contribution in [3.05, 3.63) is 34.9 Å². The van der Waals surface area contributed by atoms with Gasteiger partial charge in [-0.15, -0.1) is 0 Å². The molecule has 1 amide bonds. The molecule has 0 spiro atoms.